The predicted molar refractivity (Wildman–Crippen MR) is 113 cm³/mol. The average molecular weight is 439 g/mol. The molecule has 0 aliphatic heterocycles. The standard InChI is InChI=1S/C22H19BrN2O3/c1-4-10-28-21-18(23)12-16(13-20(21)27-5-2)11-17(14-24)22(26)25-19-9-7-6-8-15(19)3/h1,6-9,11-13H,5,10H2,2-3H3,(H,25,26)/b17-11+. The van der Waals surface area contributed by atoms with Gasteiger partial charge in [0, 0.05) is 5.69 Å². The summed E-state index contributed by atoms with van der Waals surface area (Å²) in [6.07, 6.45) is 6.74. The van der Waals surface area contributed by atoms with Crippen LogP contribution in [0.4, 0.5) is 5.69 Å². The van der Waals surface area contributed by atoms with Gasteiger partial charge in [-0.15, -0.1) is 6.42 Å². The highest BCUT2D eigenvalue weighted by molar-refractivity contribution is 9.10. The first kappa shape index (κ1) is 21.1. The first-order valence-corrected chi connectivity index (χ1v) is 9.30. The van der Waals surface area contributed by atoms with Gasteiger partial charge in [0.25, 0.3) is 5.91 Å². The number of nitrogens with one attached hydrogen (secondary N) is 1. The minimum absolute atomic E-state index is 0.0325. The molecular formula is C22H19BrN2O3. The van der Waals surface area contributed by atoms with Crippen molar-refractivity contribution >= 4 is 33.6 Å². The van der Waals surface area contributed by atoms with E-state index < -0.39 is 5.91 Å². The number of terminal acetylenes is 1. The first-order chi connectivity index (χ1) is 13.5. The van der Waals surface area contributed by atoms with E-state index in [4.69, 9.17) is 15.9 Å². The molecule has 0 unspecified atom stereocenters. The van der Waals surface area contributed by atoms with E-state index in [-0.39, 0.29) is 12.2 Å². The van der Waals surface area contributed by atoms with Crippen molar-refractivity contribution in [3.8, 4) is 29.9 Å². The Morgan fingerprint density at radius 3 is 2.71 bits per heavy atom. The SMILES string of the molecule is C#CCOc1c(Br)cc(/C=C(\C#N)C(=O)Nc2ccccc2C)cc1OCC. The molecule has 1 N–H and O–H groups in total. The lowest BCUT2D eigenvalue weighted by molar-refractivity contribution is -0.112. The molecule has 2 rings (SSSR count). The van der Waals surface area contributed by atoms with Crippen molar-refractivity contribution in [1.82, 2.24) is 0 Å². The summed E-state index contributed by atoms with van der Waals surface area (Å²) in [6, 6.07) is 12.7. The summed E-state index contributed by atoms with van der Waals surface area (Å²) in [5.41, 5.74) is 2.14. The fraction of sp³-hybridized carbons (Fsp3) is 0.182. The summed E-state index contributed by atoms with van der Waals surface area (Å²) < 4.78 is 11.7. The van der Waals surface area contributed by atoms with Gasteiger partial charge in [-0.1, -0.05) is 24.1 Å². The fourth-order valence-corrected chi connectivity index (χ4v) is 2.98. The van der Waals surface area contributed by atoms with Crippen LogP contribution in [-0.2, 0) is 4.79 Å². The van der Waals surface area contributed by atoms with E-state index >= 15 is 0 Å². The van der Waals surface area contributed by atoms with Crippen LogP contribution < -0.4 is 14.8 Å². The van der Waals surface area contributed by atoms with Crippen LogP contribution in [0.2, 0.25) is 0 Å². The van der Waals surface area contributed by atoms with Crippen LogP contribution >= 0.6 is 15.9 Å². The van der Waals surface area contributed by atoms with Gasteiger partial charge in [0.05, 0.1) is 11.1 Å². The molecule has 0 atom stereocenters. The molecule has 0 saturated carbocycles. The Hall–Kier alpha value is -3.22. The zero-order valence-corrected chi connectivity index (χ0v) is 17.2. The summed E-state index contributed by atoms with van der Waals surface area (Å²) in [4.78, 5) is 12.5. The predicted octanol–water partition coefficient (Wildman–Crippen LogP) is 4.71. The second-order valence-electron chi connectivity index (χ2n) is 5.69. The number of rotatable bonds is 7. The Morgan fingerprint density at radius 2 is 2.07 bits per heavy atom. The van der Waals surface area contributed by atoms with Gasteiger partial charge in [-0.25, -0.2) is 0 Å². The van der Waals surface area contributed by atoms with Crippen LogP contribution in [0.1, 0.15) is 18.1 Å². The Bertz CT molecular complexity index is 984. The Morgan fingerprint density at radius 1 is 1.32 bits per heavy atom. The minimum Gasteiger partial charge on any atom is -0.490 e. The number of nitriles is 1. The number of hydrogen-bond donors (Lipinski definition) is 1. The monoisotopic (exact) mass is 438 g/mol. The third-order valence-corrected chi connectivity index (χ3v) is 4.29. The van der Waals surface area contributed by atoms with Crippen LogP contribution in [0.5, 0.6) is 11.5 Å². The molecule has 0 radical (unpaired) electrons. The van der Waals surface area contributed by atoms with Crippen molar-refractivity contribution in [2.24, 2.45) is 0 Å². The highest BCUT2D eigenvalue weighted by atomic mass is 79.9. The summed E-state index contributed by atoms with van der Waals surface area (Å²) in [6.45, 7) is 4.24. The van der Waals surface area contributed by atoms with E-state index in [9.17, 15) is 10.1 Å². The summed E-state index contributed by atoms with van der Waals surface area (Å²) in [5, 5.41) is 12.2. The van der Waals surface area contributed by atoms with Crippen molar-refractivity contribution < 1.29 is 14.3 Å². The van der Waals surface area contributed by atoms with Gasteiger partial charge in [0.2, 0.25) is 0 Å². The number of carbonyl (C=O) groups excluding carboxylic acids is 1. The number of benzene rings is 2. The molecule has 0 bridgehead atoms. The number of nitrogens with zero attached hydrogens (tertiary/aromatic N) is 1. The molecule has 0 spiro atoms. The molecule has 142 valence electrons. The van der Waals surface area contributed by atoms with Crippen LogP contribution in [0.15, 0.2) is 46.4 Å². The number of ether oxygens (including phenoxy) is 2. The summed E-state index contributed by atoms with van der Waals surface area (Å²) >= 11 is 3.42. The maximum Gasteiger partial charge on any atom is 0.266 e. The van der Waals surface area contributed by atoms with E-state index in [1.807, 2.05) is 38.1 Å². The van der Waals surface area contributed by atoms with Crippen LogP contribution in [-0.4, -0.2) is 19.1 Å². The molecule has 1 amide bonds. The quantitative estimate of drug-likeness (QED) is 0.385. The van der Waals surface area contributed by atoms with Gasteiger partial charge < -0.3 is 14.8 Å². The van der Waals surface area contributed by atoms with Gasteiger partial charge in [0.15, 0.2) is 11.5 Å². The lowest BCUT2D eigenvalue weighted by Gasteiger charge is -2.13. The molecule has 6 heteroatoms. The van der Waals surface area contributed by atoms with Gasteiger partial charge >= 0.3 is 0 Å². The van der Waals surface area contributed by atoms with Crippen LogP contribution in [0.3, 0.4) is 0 Å². The van der Waals surface area contributed by atoms with Crippen molar-refractivity contribution in [3.05, 3.63) is 57.6 Å². The third-order valence-electron chi connectivity index (χ3n) is 3.70. The molecule has 0 heterocycles. The third kappa shape index (κ3) is 5.39. The van der Waals surface area contributed by atoms with Crippen molar-refractivity contribution in [2.75, 3.05) is 18.5 Å². The van der Waals surface area contributed by atoms with E-state index in [2.05, 4.69) is 27.2 Å². The Labute approximate surface area is 173 Å². The fourth-order valence-electron chi connectivity index (χ4n) is 2.41. The van der Waals surface area contributed by atoms with Crippen molar-refractivity contribution in [3.63, 3.8) is 0 Å². The number of amides is 1. The molecule has 2 aromatic rings. The number of aryl methyl sites for hydroxylation is 1. The van der Waals surface area contributed by atoms with E-state index in [0.717, 1.165) is 5.56 Å². The topological polar surface area (TPSA) is 71.3 Å². The number of carbonyl (C=O) groups is 1. The molecule has 2 aromatic carbocycles. The van der Waals surface area contributed by atoms with Crippen molar-refractivity contribution in [2.45, 2.75) is 13.8 Å². The highest BCUT2D eigenvalue weighted by Gasteiger charge is 2.14. The zero-order chi connectivity index (χ0) is 20.5. The second-order valence-corrected chi connectivity index (χ2v) is 6.55. The molecule has 5 nitrogen and oxygen atoms in total. The molecule has 0 fully saturated rings. The Kier molecular flexibility index (Phi) is 7.68. The van der Waals surface area contributed by atoms with E-state index in [0.29, 0.717) is 33.8 Å². The average Bonchev–Trinajstić information content (AvgIpc) is 2.67. The van der Waals surface area contributed by atoms with Gasteiger partial charge in [-0.2, -0.15) is 5.26 Å². The maximum atomic E-state index is 12.5. The summed E-state index contributed by atoms with van der Waals surface area (Å²) in [7, 11) is 0. The normalized spacial score (nSPS) is 10.5. The molecule has 28 heavy (non-hydrogen) atoms. The van der Waals surface area contributed by atoms with Gasteiger partial charge in [-0.05, 0) is 65.2 Å². The second kappa shape index (κ2) is 10.2. The lowest BCUT2D eigenvalue weighted by atomic mass is 10.1. The number of anilines is 1. The lowest BCUT2D eigenvalue weighted by Crippen LogP contribution is -2.14. The molecule has 0 saturated heterocycles. The highest BCUT2D eigenvalue weighted by Crippen LogP contribution is 2.37. The van der Waals surface area contributed by atoms with Crippen LogP contribution in [0, 0.1) is 30.6 Å². The van der Waals surface area contributed by atoms with Crippen molar-refractivity contribution in [1.29, 1.82) is 5.26 Å². The molecular weight excluding hydrogens is 420 g/mol. The number of hydrogen-bond acceptors (Lipinski definition) is 4. The van der Waals surface area contributed by atoms with E-state index in [1.165, 1.54) is 6.08 Å². The smallest absolute Gasteiger partial charge is 0.266 e. The zero-order valence-electron chi connectivity index (χ0n) is 15.6. The number of para-hydroxylation sites is 1. The minimum atomic E-state index is -0.487. The Balaban J connectivity index is 2.35. The van der Waals surface area contributed by atoms with Gasteiger partial charge in [0.1, 0.15) is 18.2 Å². The van der Waals surface area contributed by atoms with Gasteiger partial charge in [-0.3, -0.25) is 4.79 Å². The number of halogens is 1. The maximum absolute atomic E-state index is 12.5. The molecule has 0 aliphatic rings. The summed E-state index contributed by atoms with van der Waals surface area (Å²) in [5.74, 6) is 2.86. The molecule has 0 aliphatic carbocycles. The van der Waals surface area contributed by atoms with Crippen LogP contribution in [0.25, 0.3) is 6.08 Å². The molecule has 0 aromatic heterocycles. The largest absolute Gasteiger partial charge is 0.490 e. The first-order valence-electron chi connectivity index (χ1n) is 8.51. The van der Waals surface area contributed by atoms with E-state index in [1.54, 1.807) is 18.2 Å².